The van der Waals surface area contributed by atoms with Crippen LogP contribution in [0.25, 0.3) is 20.8 Å². The molecule has 3 aromatic rings. The van der Waals surface area contributed by atoms with Crippen LogP contribution in [0.4, 0.5) is 5.69 Å². The van der Waals surface area contributed by atoms with Crippen molar-refractivity contribution in [3.8, 4) is 10.6 Å². The first-order chi connectivity index (χ1) is 9.24. The standard InChI is InChI=1S/C14H11N3S2/c1-9(18)16-11-5-3-2-4-10(11)14-17-12-6-7-15-8-13(12)19-14/h2-8H,1H3,(H,16,18). The van der Waals surface area contributed by atoms with Crippen LogP contribution >= 0.6 is 23.6 Å². The molecule has 0 saturated heterocycles. The van der Waals surface area contributed by atoms with Gasteiger partial charge in [-0.1, -0.05) is 24.4 Å². The van der Waals surface area contributed by atoms with Crippen molar-refractivity contribution in [1.29, 1.82) is 0 Å². The summed E-state index contributed by atoms with van der Waals surface area (Å²) in [5.74, 6) is 0. The number of para-hydroxylation sites is 1. The summed E-state index contributed by atoms with van der Waals surface area (Å²) in [4.78, 5) is 9.52. The molecule has 0 amide bonds. The molecule has 0 spiro atoms. The van der Waals surface area contributed by atoms with Gasteiger partial charge in [0.1, 0.15) is 5.01 Å². The highest BCUT2D eigenvalue weighted by Crippen LogP contribution is 2.33. The number of aromatic nitrogens is 2. The van der Waals surface area contributed by atoms with Gasteiger partial charge in [-0.15, -0.1) is 11.3 Å². The first-order valence-corrected chi connectivity index (χ1v) is 7.04. The molecule has 0 bridgehead atoms. The number of pyridine rings is 1. The summed E-state index contributed by atoms with van der Waals surface area (Å²) in [5, 5.41) is 4.17. The maximum atomic E-state index is 5.11. The average molecular weight is 285 g/mol. The second-order valence-electron chi connectivity index (χ2n) is 4.09. The Hall–Kier alpha value is -1.85. The van der Waals surface area contributed by atoms with Gasteiger partial charge in [-0.2, -0.15) is 0 Å². The van der Waals surface area contributed by atoms with Crippen molar-refractivity contribution in [2.75, 3.05) is 5.32 Å². The Labute approximate surface area is 120 Å². The summed E-state index contributed by atoms with van der Waals surface area (Å²) in [5.41, 5.74) is 3.03. The van der Waals surface area contributed by atoms with Crippen molar-refractivity contribution in [3.05, 3.63) is 42.7 Å². The van der Waals surface area contributed by atoms with E-state index in [-0.39, 0.29) is 0 Å². The van der Waals surface area contributed by atoms with Gasteiger partial charge in [-0.3, -0.25) is 4.98 Å². The maximum Gasteiger partial charge on any atom is 0.126 e. The van der Waals surface area contributed by atoms with E-state index in [1.54, 1.807) is 17.5 Å². The summed E-state index contributed by atoms with van der Waals surface area (Å²) in [6.07, 6.45) is 3.61. The number of hydrogen-bond donors (Lipinski definition) is 1. The van der Waals surface area contributed by atoms with E-state index in [9.17, 15) is 0 Å². The fraction of sp³-hybridized carbons (Fsp3) is 0.0714. The van der Waals surface area contributed by atoms with E-state index in [0.29, 0.717) is 0 Å². The van der Waals surface area contributed by atoms with Crippen molar-refractivity contribution >= 4 is 44.4 Å². The minimum atomic E-state index is 0.746. The zero-order chi connectivity index (χ0) is 13.2. The van der Waals surface area contributed by atoms with Gasteiger partial charge in [0.05, 0.1) is 15.2 Å². The molecule has 1 aromatic carbocycles. The monoisotopic (exact) mass is 285 g/mol. The largest absolute Gasteiger partial charge is 0.350 e. The minimum absolute atomic E-state index is 0.746. The lowest BCUT2D eigenvalue weighted by Gasteiger charge is -2.08. The third-order valence-electron chi connectivity index (χ3n) is 2.66. The van der Waals surface area contributed by atoms with Gasteiger partial charge in [0.2, 0.25) is 0 Å². The average Bonchev–Trinajstić information content (AvgIpc) is 2.82. The lowest BCUT2D eigenvalue weighted by Crippen LogP contribution is -2.04. The lowest BCUT2D eigenvalue weighted by molar-refractivity contribution is 1.36. The molecule has 0 aliphatic rings. The highest BCUT2D eigenvalue weighted by Gasteiger charge is 2.10. The predicted molar refractivity (Wildman–Crippen MR) is 84.7 cm³/mol. The quantitative estimate of drug-likeness (QED) is 0.719. The molecular weight excluding hydrogens is 274 g/mol. The van der Waals surface area contributed by atoms with Gasteiger partial charge >= 0.3 is 0 Å². The maximum absolute atomic E-state index is 5.11. The number of thiocarbonyl (C=S) groups is 1. The Morgan fingerprint density at radius 2 is 2.11 bits per heavy atom. The Morgan fingerprint density at radius 3 is 2.89 bits per heavy atom. The third kappa shape index (κ3) is 2.47. The number of nitrogens with one attached hydrogen (secondary N) is 1. The number of hydrogen-bond acceptors (Lipinski definition) is 4. The number of nitrogens with zero attached hydrogens (tertiary/aromatic N) is 2. The smallest absolute Gasteiger partial charge is 0.126 e. The molecule has 2 heterocycles. The van der Waals surface area contributed by atoms with Gasteiger partial charge < -0.3 is 5.32 Å². The molecule has 0 aliphatic carbocycles. The number of fused-ring (bicyclic) bond motifs is 1. The molecule has 5 heteroatoms. The Balaban J connectivity index is 2.13. The van der Waals surface area contributed by atoms with Gasteiger partial charge in [0.15, 0.2) is 0 Å². The van der Waals surface area contributed by atoms with Crippen molar-refractivity contribution < 1.29 is 0 Å². The van der Waals surface area contributed by atoms with Gasteiger partial charge in [0, 0.05) is 23.6 Å². The molecule has 0 unspecified atom stereocenters. The zero-order valence-electron chi connectivity index (χ0n) is 10.3. The molecule has 0 fully saturated rings. The fourth-order valence-corrected chi connectivity index (χ4v) is 2.95. The van der Waals surface area contributed by atoms with Gasteiger partial charge in [-0.05, 0) is 25.1 Å². The molecule has 3 rings (SSSR count). The normalized spacial score (nSPS) is 10.6. The van der Waals surface area contributed by atoms with E-state index >= 15 is 0 Å². The molecule has 0 atom stereocenters. The molecule has 2 aromatic heterocycles. The van der Waals surface area contributed by atoms with Crippen molar-refractivity contribution in [1.82, 2.24) is 9.97 Å². The van der Waals surface area contributed by atoms with E-state index in [4.69, 9.17) is 12.2 Å². The Bertz CT molecular complexity index is 716. The van der Waals surface area contributed by atoms with E-state index in [0.717, 1.165) is 31.5 Å². The lowest BCUT2D eigenvalue weighted by atomic mass is 10.2. The van der Waals surface area contributed by atoms with Crippen molar-refractivity contribution in [2.24, 2.45) is 0 Å². The summed E-state index contributed by atoms with van der Waals surface area (Å²) in [6, 6.07) is 9.97. The van der Waals surface area contributed by atoms with Crippen LogP contribution in [0.3, 0.4) is 0 Å². The van der Waals surface area contributed by atoms with Crippen LogP contribution < -0.4 is 5.32 Å². The van der Waals surface area contributed by atoms with Crippen LogP contribution in [0.1, 0.15) is 6.92 Å². The predicted octanol–water partition coefficient (Wildman–Crippen LogP) is 4.12. The first-order valence-electron chi connectivity index (χ1n) is 5.81. The van der Waals surface area contributed by atoms with Gasteiger partial charge in [-0.25, -0.2) is 4.98 Å². The van der Waals surface area contributed by atoms with Crippen LogP contribution in [0.5, 0.6) is 0 Å². The summed E-state index contributed by atoms with van der Waals surface area (Å²) >= 11 is 6.75. The van der Waals surface area contributed by atoms with Crippen molar-refractivity contribution in [3.63, 3.8) is 0 Å². The molecule has 0 saturated carbocycles. The van der Waals surface area contributed by atoms with Crippen LogP contribution in [-0.2, 0) is 0 Å². The van der Waals surface area contributed by atoms with E-state index < -0.39 is 0 Å². The molecule has 3 nitrogen and oxygen atoms in total. The number of anilines is 1. The van der Waals surface area contributed by atoms with E-state index in [1.807, 2.05) is 43.5 Å². The minimum Gasteiger partial charge on any atom is -0.350 e. The molecule has 0 aliphatic heterocycles. The fourth-order valence-electron chi connectivity index (χ4n) is 1.86. The summed E-state index contributed by atoms with van der Waals surface area (Å²) in [7, 11) is 0. The van der Waals surface area contributed by atoms with E-state index in [2.05, 4.69) is 15.3 Å². The van der Waals surface area contributed by atoms with Crippen LogP contribution in [-0.4, -0.2) is 15.0 Å². The number of benzene rings is 1. The molecule has 0 radical (unpaired) electrons. The second kappa shape index (κ2) is 5.03. The highest BCUT2D eigenvalue weighted by atomic mass is 32.1. The summed E-state index contributed by atoms with van der Waals surface area (Å²) < 4.78 is 1.09. The number of rotatable bonds is 2. The van der Waals surface area contributed by atoms with E-state index in [1.165, 1.54) is 0 Å². The Morgan fingerprint density at radius 1 is 1.26 bits per heavy atom. The van der Waals surface area contributed by atoms with Crippen LogP contribution in [0.15, 0.2) is 42.7 Å². The third-order valence-corrected chi connectivity index (χ3v) is 3.80. The van der Waals surface area contributed by atoms with Crippen molar-refractivity contribution in [2.45, 2.75) is 6.92 Å². The Kier molecular flexibility index (Phi) is 3.23. The summed E-state index contributed by atoms with van der Waals surface area (Å²) in [6.45, 7) is 1.87. The highest BCUT2D eigenvalue weighted by molar-refractivity contribution is 7.80. The van der Waals surface area contributed by atoms with Crippen LogP contribution in [0.2, 0.25) is 0 Å². The van der Waals surface area contributed by atoms with Gasteiger partial charge in [0.25, 0.3) is 0 Å². The van der Waals surface area contributed by atoms with Crippen LogP contribution in [0, 0.1) is 0 Å². The molecule has 19 heavy (non-hydrogen) atoms. The topological polar surface area (TPSA) is 37.8 Å². The molecular formula is C14H11N3S2. The molecule has 94 valence electrons. The second-order valence-corrected chi connectivity index (χ2v) is 5.73. The first kappa shape index (κ1) is 12.2. The number of thiazole rings is 1. The SMILES string of the molecule is CC(=S)Nc1ccccc1-c1nc2ccncc2s1. The zero-order valence-corrected chi connectivity index (χ0v) is 11.9. The molecule has 1 N–H and O–H groups in total.